The zero-order valence-electron chi connectivity index (χ0n) is 8.57. The second-order valence-electron chi connectivity index (χ2n) is 3.94. The quantitative estimate of drug-likeness (QED) is 0.759. The molecule has 0 radical (unpaired) electrons. The highest BCUT2D eigenvalue weighted by Crippen LogP contribution is 2.06. The molecule has 0 unspecified atom stereocenters. The van der Waals surface area contributed by atoms with Crippen molar-refractivity contribution < 1.29 is 4.79 Å². The fourth-order valence-corrected chi connectivity index (χ4v) is 1.40. The second kappa shape index (κ2) is 4.37. The van der Waals surface area contributed by atoms with Gasteiger partial charge in [-0.15, -0.1) is 11.3 Å². The van der Waals surface area contributed by atoms with E-state index < -0.39 is 0 Å². The largest absolute Gasteiger partial charge is 0.348 e. The first-order valence-corrected chi connectivity index (χ1v) is 5.25. The van der Waals surface area contributed by atoms with Crippen LogP contribution in [0.2, 0.25) is 0 Å². The van der Waals surface area contributed by atoms with Crippen molar-refractivity contribution in [2.75, 3.05) is 0 Å². The number of nitrogens with one attached hydrogen (secondary N) is 1. The SMILES string of the molecule is CC(C)(C)NC(=O)/C=C/c1nccs1. The van der Waals surface area contributed by atoms with Gasteiger partial charge < -0.3 is 5.32 Å². The van der Waals surface area contributed by atoms with Crippen molar-refractivity contribution in [3.05, 3.63) is 22.7 Å². The van der Waals surface area contributed by atoms with Gasteiger partial charge in [0, 0.05) is 23.2 Å². The molecule has 0 atom stereocenters. The number of thiazole rings is 1. The molecule has 1 rings (SSSR count). The van der Waals surface area contributed by atoms with E-state index in [0.717, 1.165) is 5.01 Å². The van der Waals surface area contributed by atoms with E-state index in [1.807, 2.05) is 26.2 Å². The van der Waals surface area contributed by atoms with E-state index in [1.165, 1.54) is 17.4 Å². The number of amides is 1. The maximum atomic E-state index is 11.3. The summed E-state index contributed by atoms with van der Waals surface area (Å²) < 4.78 is 0. The van der Waals surface area contributed by atoms with Crippen molar-refractivity contribution in [1.29, 1.82) is 0 Å². The lowest BCUT2D eigenvalue weighted by molar-refractivity contribution is -0.117. The fourth-order valence-electron chi connectivity index (χ4n) is 0.875. The van der Waals surface area contributed by atoms with Crippen LogP contribution in [0.1, 0.15) is 25.8 Å². The van der Waals surface area contributed by atoms with Crippen LogP contribution < -0.4 is 5.32 Å². The molecule has 0 saturated carbocycles. The predicted octanol–water partition coefficient (Wildman–Crippen LogP) is 2.07. The topological polar surface area (TPSA) is 42.0 Å². The Morgan fingerprint density at radius 2 is 2.29 bits per heavy atom. The number of carbonyl (C=O) groups is 1. The number of nitrogens with zero attached hydrogens (tertiary/aromatic N) is 1. The van der Waals surface area contributed by atoms with Gasteiger partial charge in [0.25, 0.3) is 0 Å². The van der Waals surface area contributed by atoms with Gasteiger partial charge in [-0.3, -0.25) is 4.79 Å². The summed E-state index contributed by atoms with van der Waals surface area (Å²) in [6.07, 6.45) is 4.93. The standard InChI is InChI=1S/C10H14N2OS/c1-10(2,3)12-8(13)4-5-9-11-6-7-14-9/h4-7H,1-3H3,(H,12,13)/b5-4+. The lowest BCUT2D eigenvalue weighted by Gasteiger charge is -2.18. The summed E-state index contributed by atoms with van der Waals surface area (Å²) in [7, 11) is 0. The van der Waals surface area contributed by atoms with Crippen LogP contribution in [-0.2, 0) is 4.79 Å². The molecule has 0 aliphatic rings. The van der Waals surface area contributed by atoms with E-state index in [9.17, 15) is 4.79 Å². The molecule has 1 amide bonds. The Kier molecular flexibility index (Phi) is 3.41. The molecule has 0 aromatic carbocycles. The summed E-state index contributed by atoms with van der Waals surface area (Å²) in [5.74, 6) is -0.0901. The van der Waals surface area contributed by atoms with Crippen molar-refractivity contribution >= 4 is 23.3 Å². The molecule has 0 fully saturated rings. The summed E-state index contributed by atoms with van der Waals surface area (Å²) in [5, 5.41) is 5.55. The van der Waals surface area contributed by atoms with E-state index in [0.29, 0.717) is 0 Å². The molecule has 1 N–H and O–H groups in total. The van der Waals surface area contributed by atoms with Crippen molar-refractivity contribution in [3.8, 4) is 0 Å². The Balaban J connectivity index is 2.49. The molecule has 0 bridgehead atoms. The molecular weight excluding hydrogens is 196 g/mol. The van der Waals surface area contributed by atoms with Crippen molar-refractivity contribution in [2.24, 2.45) is 0 Å². The zero-order valence-corrected chi connectivity index (χ0v) is 9.39. The van der Waals surface area contributed by atoms with E-state index in [1.54, 1.807) is 12.3 Å². The maximum Gasteiger partial charge on any atom is 0.244 e. The monoisotopic (exact) mass is 210 g/mol. The smallest absolute Gasteiger partial charge is 0.244 e. The molecule has 0 aliphatic heterocycles. The summed E-state index contributed by atoms with van der Waals surface area (Å²) in [6.45, 7) is 5.84. The summed E-state index contributed by atoms with van der Waals surface area (Å²) in [5.41, 5.74) is -0.190. The summed E-state index contributed by atoms with van der Waals surface area (Å²) >= 11 is 1.50. The summed E-state index contributed by atoms with van der Waals surface area (Å²) in [4.78, 5) is 15.4. The zero-order chi connectivity index (χ0) is 10.6. The molecule has 3 nitrogen and oxygen atoms in total. The highest BCUT2D eigenvalue weighted by molar-refractivity contribution is 7.10. The van der Waals surface area contributed by atoms with E-state index in [2.05, 4.69) is 10.3 Å². The van der Waals surface area contributed by atoms with Crippen LogP contribution in [0.5, 0.6) is 0 Å². The third-order valence-corrected chi connectivity index (χ3v) is 2.07. The minimum Gasteiger partial charge on any atom is -0.348 e. The normalized spacial score (nSPS) is 11.9. The fraction of sp³-hybridized carbons (Fsp3) is 0.400. The van der Waals surface area contributed by atoms with Gasteiger partial charge in [-0.2, -0.15) is 0 Å². The van der Waals surface area contributed by atoms with Crippen LogP contribution in [0.25, 0.3) is 6.08 Å². The molecule has 1 aromatic heterocycles. The third-order valence-electron chi connectivity index (χ3n) is 1.33. The van der Waals surface area contributed by atoms with Gasteiger partial charge in [-0.1, -0.05) is 0 Å². The lowest BCUT2D eigenvalue weighted by atomic mass is 10.1. The van der Waals surface area contributed by atoms with Crippen molar-refractivity contribution in [1.82, 2.24) is 10.3 Å². The van der Waals surface area contributed by atoms with Crippen molar-refractivity contribution in [2.45, 2.75) is 26.3 Å². The first kappa shape index (κ1) is 10.9. The third kappa shape index (κ3) is 4.18. The van der Waals surface area contributed by atoms with Gasteiger partial charge in [0.1, 0.15) is 5.01 Å². The number of rotatable bonds is 2. The van der Waals surface area contributed by atoms with Crippen LogP contribution >= 0.6 is 11.3 Å². The lowest BCUT2D eigenvalue weighted by Crippen LogP contribution is -2.39. The number of hydrogen-bond donors (Lipinski definition) is 1. The minimum atomic E-state index is -0.190. The van der Waals surface area contributed by atoms with Crippen LogP contribution in [0, 0.1) is 0 Å². The van der Waals surface area contributed by atoms with Crippen LogP contribution in [-0.4, -0.2) is 16.4 Å². The Labute approximate surface area is 87.9 Å². The highest BCUT2D eigenvalue weighted by Gasteiger charge is 2.10. The van der Waals surface area contributed by atoms with E-state index in [4.69, 9.17) is 0 Å². The van der Waals surface area contributed by atoms with Crippen LogP contribution in [0.3, 0.4) is 0 Å². The second-order valence-corrected chi connectivity index (χ2v) is 4.87. The Hall–Kier alpha value is -1.16. The first-order valence-electron chi connectivity index (χ1n) is 4.37. The molecule has 4 heteroatoms. The molecule has 1 aromatic rings. The van der Waals surface area contributed by atoms with Gasteiger partial charge in [0.2, 0.25) is 5.91 Å². The number of carbonyl (C=O) groups excluding carboxylic acids is 1. The van der Waals surface area contributed by atoms with E-state index in [-0.39, 0.29) is 11.4 Å². The Morgan fingerprint density at radius 1 is 1.57 bits per heavy atom. The highest BCUT2D eigenvalue weighted by atomic mass is 32.1. The molecule has 0 aliphatic carbocycles. The number of aromatic nitrogens is 1. The molecule has 0 spiro atoms. The van der Waals surface area contributed by atoms with Crippen LogP contribution in [0.4, 0.5) is 0 Å². The van der Waals surface area contributed by atoms with Gasteiger partial charge in [-0.25, -0.2) is 4.98 Å². The van der Waals surface area contributed by atoms with Crippen molar-refractivity contribution in [3.63, 3.8) is 0 Å². The van der Waals surface area contributed by atoms with Gasteiger partial charge >= 0.3 is 0 Å². The molecule has 14 heavy (non-hydrogen) atoms. The van der Waals surface area contributed by atoms with E-state index >= 15 is 0 Å². The molecule has 0 saturated heterocycles. The molecule has 1 heterocycles. The average molecular weight is 210 g/mol. The first-order chi connectivity index (χ1) is 6.47. The van der Waals surface area contributed by atoms with Gasteiger partial charge in [0.15, 0.2) is 0 Å². The average Bonchev–Trinajstić information content (AvgIpc) is 2.49. The molecular formula is C10H14N2OS. The summed E-state index contributed by atoms with van der Waals surface area (Å²) in [6, 6.07) is 0. The van der Waals surface area contributed by atoms with Gasteiger partial charge in [-0.05, 0) is 26.8 Å². The maximum absolute atomic E-state index is 11.3. The Morgan fingerprint density at radius 3 is 2.79 bits per heavy atom. The number of hydrogen-bond acceptors (Lipinski definition) is 3. The predicted molar refractivity (Wildman–Crippen MR) is 59.0 cm³/mol. The minimum absolute atomic E-state index is 0.0901. The molecule has 76 valence electrons. The van der Waals surface area contributed by atoms with Crippen LogP contribution in [0.15, 0.2) is 17.7 Å². The Bertz CT molecular complexity index is 322. The van der Waals surface area contributed by atoms with Gasteiger partial charge in [0.05, 0.1) is 0 Å².